The summed E-state index contributed by atoms with van der Waals surface area (Å²) in [5.41, 5.74) is 0. The second kappa shape index (κ2) is 7.81. The van der Waals surface area contributed by atoms with E-state index in [1.54, 1.807) is 23.1 Å². The quantitative estimate of drug-likeness (QED) is 0.805. The largest absolute Gasteiger partial charge is 0.354 e. The minimum absolute atomic E-state index is 0.0408. The van der Waals surface area contributed by atoms with Crippen LogP contribution >= 0.6 is 0 Å². The van der Waals surface area contributed by atoms with Crippen molar-refractivity contribution in [3.8, 4) is 0 Å². The number of carbonyl (C=O) groups is 2. The minimum atomic E-state index is -0.306. The predicted molar refractivity (Wildman–Crippen MR) is 79.6 cm³/mol. The highest BCUT2D eigenvalue weighted by Crippen LogP contribution is 2.11. The molecule has 116 valence electrons. The number of rotatable bonds is 6. The van der Waals surface area contributed by atoms with Gasteiger partial charge in [-0.15, -0.1) is 0 Å². The second-order valence-electron chi connectivity index (χ2n) is 5.50. The van der Waals surface area contributed by atoms with Crippen LogP contribution in [0.25, 0.3) is 0 Å². The van der Waals surface area contributed by atoms with Gasteiger partial charge in [0.25, 0.3) is 0 Å². The Morgan fingerprint density at radius 3 is 3.05 bits per heavy atom. The van der Waals surface area contributed by atoms with E-state index >= 15 is 0 Å². The Morgan fingerprint density at radius 2 is 2.29 bits per heavy atom. The Labute approximate surface area is 125 Å². The maximum atomic E-state index is 12.0. The van der Waals surface area contributed by atoms with Gasteiger partial charge in [-0.1, -0.05) is 6.42 Å². The zero-order valence-electron chi connectivity index (χ0n) is 12.6. The van der Waals surface area contributed by atoms with Crippen molar-refractivity contribution in [3.63, 3.8) is 0 Å². The first kappa shape index (κ1) is 15.5. The van der Waals surface area contributed by atoms with E-state index < -0.39 is 0 Å². The van der Waals surface area contributed by atoms with Crippen LogP contribution in [0.4, 0.5) is 0 Å². The number of nitrogens with one attached hydrogen (secondary N) is 1. The van der Waals surface area contributed by atoms with Crippen LogP contribution in [0.3, 0.4) is 0 Å². The van der Waals surface area contributed by atoms with Crippen molar-refractivity contribution in [2.45, 2.75) is 45.1 Å². The molecule has 1 unspecified atom stereocenters. The van der Waals surface area contributed by atoms with Crippen LogP contribution < -0.4 is 5.32 Å². The third-order valence-electron chi connectivity index (χ3n) is 3.88. The van der Waals surface area contributed by atoms with Gasteiger partial charge in [-0.25, -0.2) is 0 Å². The van der Waals surface area contributed by atoms with E-state index in [1.165, 1.54) is 0 Å². The van der Waals surface area contributed by atoms with Gasteiger partial charge in [-0.2, -0.15) is 5.10 Å². The van der Waals surface area contributed by atoms with Gasteiger partial charge in [0, 0.05) is 38.4 Å². The fourth-order valence-electron chi connectivity index (χ4n) is 2.53. The van der Waals surface area contributed by atoms with Crippen LogP contribution in [0.15, 0.2) is 18.5 Å². The first-order chi connectivity index (χ1) is 10.2. The second-order valence-corrected chi connectivity index (χ2v) is 5.50. The third kappa shape index (κ3) is 4.58. The summed E-state index contributed by atoms with van der Waals surface area (Å²) < 4.78 is 1.63. The molecular weight excluding hydrogens is 268 g/mol. The summed E-state index contributed by atoms with van der Waals surface area (Å²) in [5.74, 6) is 0.213. The number of aromatic nitrogens is 2. The molecule has 2 rings (SSSR count). The lowest BCUT2D eigenvalue weighted by Crippen LogP contribution is -2.35. The molecule has 1 atom stereocenters. The molecule has 2 heterocycles. The number of likely N-dealkylation sites (tertiary alicyclic amines) is 1. The molecule has 0 spiro atoms. The molecule has 1 aliphatic heterocycles. The number of carbonyl (C=O) groups excluding carboxylic acids is 2. The van der Waals surface area contributed by atoms with Crippen molar-refractivity contribution in [1.82, 2.24) is 20.0 Å². The van der Waals surface area contributed by atoms with Crippen LogP contribution in [0.5, 0.6) is 0 Å². The summed E-state index contributed by atoms with van der Waals surface area (Å²) in [6, 6.07) is 1.49. The maximum Gasteiger partial charge on any atom is 0.244 e. The minimum Gasteiger partial charge on any atom is -0.354 e. The van der Waals surface area contributed by atoms with Gasteiger partial charge in [-0.05, 0) is 32.3 Å². The molecular formula is C15H24N4O2. The summed E-state index contributed by atoms with van der Waals surface area (Å²) in [5, 5.41) is 6.97. The van der Waals surface area contributed by atoms with Gasteiger partial charge in [0.05, 0.1) is 0 Å². The maximum absolute atomic E-state index is 12.0. The highest BCUT2D eigenvalue weighted by atomic mass is 16.2. The third-order valence-corrected chi connectivity index (χ3v) is 3.88. The molecule has 2 amide bonds. The van der Waals surface area contributed by atoms with Crippen LogP contribution in [0.1, 0.15) is 45.1 Å². The number of hydrogen-bond donors (Lipinski definition) is 1. The summed E-state index contributed by atoms with van der Waals surface area (Å²) >= 11 is 0. The molecule has 0 aromatic carbocycles. The van der Waals surface area contributed by atoms with Gasteiger partial charge >= 0.3 is 0 Å². The van der Waals surface area contributed by atoms with Crippen molar-refractivity contribution in [2.24, 2.45) is 0 Å². The Bertz CT molecular complexity index is 458. The van der Waals surface area contributed by atoms with Gasteiger partial charge in [0.2, 0.25) is 11.8 Å². The molecule has 0 bridgehead atoms. The van der Waals surface area contributed by atoms with Crippen molar-refractivity contribution in [1.29, 1.82) is 0 Å². The fraction of sp³-hybridized carbons (Fsp3) is 0.667. The molecule has 6 heteroatoms. The summed E-state index contributed by atoms with van der Waals surface area (Å²) in [7, 11) is 0. The zero-order valence-corrected chi connectivity index (χ0v) is 12.6. The molecule has 0 radical (unpaired) electrons. The molecule has 1 aromatic heterocycles. The topological polar surface area (TPSA) is 67.2 Å². The molecule has 1 saturated heterocycles. The van der Waals surface area contributed by atoms with Crippen LogP contribution in [0.2, 0.25) is 0 Å². The molecule has 1 fully saturated rings. The van der Waals surface area contributed by atoms with Crippen molar-refractivity contribution >= 4 is 11.8 Å². The lowest BCUT2D eigenvalue weighted by molar-refractivity contribution is -0.130. The average Bonchev–Trinajstić information content (AvgIpc) is 2.94. The van der Waals surface area contributed by atoms with E-state index in [-0.39, 0.29) is 17.9 Å². The van der Waals surface area contributed by atoms with E-state index in [2.05, 4.69) is 10.4 Å². The van der Waals surface area contributed by atoms with Crippen LogP contribution in [-0.4, -0.2) is 46.1 Å². The van der Waals surface area contributed by atoms with Gasteiger partial charge < -0.3 is 10.2 Å². The van der Waals surface area contributed by atoms with Crippen molar-refractivity contribution in [2.75, 3.05) is 19.6 Å². The van der Waals surface area contributed by atoms with Gasteiger partial charge in [0.15, 0.2) is 0 Å². The molecule has 6 nitrogen and oxygen atoms in total. The van der Waals surface area contributed by atoms with E-state index in [4.69, 9.17) is 0 Å². The SMILES string of the molecule is CC(C(=O)NCCCN1CCCCCC1=O)n1cccn1. The first-order valence-corrected chi connectivity index (χ1v) is 7.73. The predicted octanol–water partition coefficient (Wildman–Crippen LogP) is 1.35. The van der Waals surface area contributed by atoms with Crippen LogP contribution in [-0.2, 0) is 9.59 Å². The van der Waals surface area contributed by atoms with Crippen molar-refractivity contribution < 1.29 is 9.59 Å². The van der Waals surface area contributed by atoms with E-state index in [0.29, 0.717) is 13.0 Å². The molecule has 1 aromatic rings. The summed E-state index contributed by atoms with van der Waals surface area (Å²) in [4.78, 5) is 25.7. The highest BCUT2D eigenvalue weighted by Gasteiger charge is 2.17. The first-order valence-electron chi connectivity index (χ1n) is 7.73. The lowest BCUT2D eigenvalue weighted by Gasteiger charge is -2.20. The fourth-order valence-corrected chi connectivity index (χ4v) is 2.53. The molecule has 0 aliphatic carbocycles. The molecule has 1 N–H and O–H groups in total. The highest BCUT2D eigenvalue weighted by molar-refractivity contribution is 5.79. The van der Waals surface area contributed by atoms with E-state index in [0.717, 1.165) is 38.8 Å². The average molecular weight is 292 g/mol. The Balaban J connectivity index is 1.67. The Hall–Kier alpha value is -1.85. The lowest BCUT2D eigenvalue weighted by atomic mass is 10.2. The normalized spacial score (nSPS) is 17.4. The van der Waals surface area contributed by atoms with Gasteiger partial charge in [0.1, 0.15) is 6.04 Å². The smallest absolute Gasteiger partial charge is 0.244 e. The van der Waals surface area contributed by atoms with E-state index in [1.807, 2.05) is 11.8 Å². The Kier molecular flexibility index (Phi) is 5.78. The van der Waals surface area contributed by atoms with Crippen LogP contribution in [0, 0.1) is 0 Å². The number of nitrogens with zero attached hydrogens (tertiary/aromatic N) is 3. The Morgan fingerprint density at radius 1 is 1.43 bits per heavy atom. The summed E-state index contributed by atoms with van der Waals surface area (Å²) in [6.45, 7) is 4.00. The molecule has 21 heavy (non-hydrogen) atoms. The molecule has 0 saturated carbocycles. The molecule has 1 aliphatic rings. The van der Waals surface area contributed by atoms with Gasteiger partial charge in [-0.3, -0.25) is 14.3 Å². The summed E-state index contributed by atoms with van der Waals surface area (Å²) in [6.07, 6.45) is 8.14. The van der Waals surface area contributed by atoms with E-state index in [9.17, 15) is 9.59 Å². The number of hydrogen-bond acceptors (Lipinski definition) is 3. The number of amides is 2. The standard InChI is InChI=1S/C15H24N4O2/c1-13(19-12-6-9-17-19)15(21)16-8-5-11-18-10-4-2-3-7-14(18)20/h6,9,12-13H,2-5,7-8,10-11H2,1H3,(H,16,21). The zero-order chi connectivity index (χ0) is 15.1. The van der Waals surface area contributed by atoms with Crippen molar-refractivity contribution in [3.05, 3.63) is 18.5 Å². The monoisotopic (exact) mass is 292 g/mol.